The first-order valence-electron chi connectivity index (χ1n) is 5.98. The van der Waals surface area contributed by atoms with E-state index in [0.717, 1.165) is 13.1 Å². The summed E-state index contributed by atoms with van der Waals surface area (Å²) in [6.07, 6.45) is 1.83. The molecule has 2 aromatic rings. The van der Waals surface area contributed by atoms with Gasteiger partial charge in [-0.3, -0.25) is 4.90 Å². The van der Waals surface area contributed by atoms with E-state index in [9.17, 15) is 0 Å². The zero-order valence-electron chi connectivity index (χ0n) is 10.7. The van der Waals surface area contributed by atoms with E-state index in [1.807, 2.05) is 18.3 Å². The maximum Gasteiger partial charge on any atom is 0.129 e. The average molecular weight is 261 g/mol. The zero-order chi connectivity index (χ0) is 13.0. The van der Waals surface area contributed by atoms with E-state index in [2.05, 4.69) is 48.1 Å². The Bertz CT molecular complexity index is 508. The van der Waals surface area contributed by atoms with Crippen LogP contribution in [0.4, 0.5) is 0 Å². The van der Waals surface area contributed by atoms with Crippen molar-refractivity contribution < 1.29 is 0 Å². The van der Waals surface area contributed by atoms with Crippen molar-refractivity contribution in [2.45, 2.75) is 20.0 Å². The summed E-state index contributed by atoms with van der Waals surface area (Å²) in [5.41, 5.74) is 3.81. The van der Waals surface area contributed by atoms with E-state index in [4.69, 9.17) is 11.6 Å². The van der Waals surface area contributed by atoms with Gasteiger partial charge in [0.25, 0.3) is 0 Å². The maximum atomic E-state index is 5.77. The van der Waals surface area contributed by atoms with Gasteiger partial charge in [0.1, 0.15) is 5.15 Å². The fourth-order valence-electron chi connectivity index (χ4n) is 1.99. The van der Waals surface area contributed by atoms with Crippen molar-refractivity contribution in [3.05, 3.63) is 64.4 Å². The van der Waals surface area contributed by atoms with Gasteiger partial charge in [0.2, 0.25) is 0 Å². The number of nitrogens with zero attached hydrogens (tertiary/aromatic N) is 2. The number of aromatic nitrogens is 1. The first-order valence-corrected chi connectivity index (χ1v) is 6.36. The van der Waals surface area contributed by atoms with Crippen LogP contribution < -0.4 is 0 Å². The van der Waals surface area contributed by atoms with Crippen molar-refractivity contribution in [2.75, 3.05) is 7.05 Å². The summed E-state index contributed by atoms with van der Waals surface area (Å²) in [7, 11) is 2.11. The molecule has 1 heterocycles. The Morgan fingerprint density at radius 3 is 2.56 bits per heavy atom. The van der Waals surface area contributed by atoms with Crippen molar-refractivity contribution in [3.8, 4) is 0 Å². The highest BCUT2D eigenvalue weighted by molar-refractivity contribution is 6.29. The fourth-order valence-corrected chi connectivity index (χ4v) is 2.10. The number of hydrogen-bond acceptors (Lipinski definition) is 2. The minimum atomic E-state index is 0.542. The summed E-state index contributed by atoms with van der Waals surface area (Å²) >= 11 is 5.77. The summed E-state index contributed by atoms with van der Waals surface area (Å²) in [5.74, 6) is 0. The van der Waals surface area contributed by atoms with Crippen LogP contribution in [-0.2, 0) is 13.1 Å². The van der Waals surface area contributed by atoms with Crippen LogP contribution in [0.1, 0.15) is 16.7 Å². The predicted octanol–water partition coefficient (Wildman–Crippen LogP) is 3.68. The number of pyridine rings is 1. The quantitative estimate of drug-likeness (QED) is 0.780. The number of halogens is 1. The van der Waals surface area contributed by atoms with Gasteiger partial charge in [-0.05, 0) is 31.2 Å². The molecule has 0 aliphatic heterocycles. The molecule has 0 amide bonds. The first kappa shape index (κ1) is 13.1. The number of aryl methyl sites for hydroxylation is 1. The molecule has 0 aliphatic carbocycles. The lowest BCUT2D eigenvalue weighted by molar-refractivity contribution is 0.318. The van der Waals surface area contributed by atoms with E-state index in [1.165, 1.54) is 16.7 Å². The van der Waals surface area contributed by atoms with Crippen LogP contribution >= 0.6 is 11.6 Å². The lowest BCUT2D eigenvalue weighted by atomic mass is 10.1. The third kappa shape index (κ3) is 3.83. The Morgan fingerprint density at radius 1 is 1.11 bits per heavy atom. The topological polar surface area (TPSA) is 16.1 Å². The summed E-state index contributed by atoms with van der Waals surface area (Å²) in [6, 6.07) is 12.4. The Kier molecular flexibility index (Phi) is 4.34. The van der Waals surface area contributed by atoms with Crippen LogP contribution in [0.25, 0.3) is 0 Å². The highest BCUT2D eigenvalue weighted by Crippen LogP contribution is 2.11. The molecule has 0 bridgehead atoms. The van der Waals surface area contributed by atoms with Gasteiger partial charge in [-0.25, -0.2) is 4.98 Å². The molecule has 0 fully saturated rings. The van der Waals surface area contributed by atoms with E-state index < -0.39 is 0 Å². The smallest absolute Gasteiger partial charge is 0.129 e. The summed E-state index contributed by atoms with van der Waals surface area (Å²) in [4.78, 5) is 6.36. The summed E-state index contributed by atoms with van der Waals surface area (Å²) in [5, 5.41) is 0.542. The number of hydrogen-bond donors (Lipinski definition) is 0. The molecule has 1 aromatic carbocycles. The van der Waals surface area contributed by atoms with Crippen LogP contribution in [0.2, 0.25) is 5.15 Å². The standard InChI is InChI=1S/C15H17ClN2/c1-12-4-3-5-13(8-12)10-18(2)11-14-6-7-15(16)17-9-14/h3-9H,10-11H2,1-2H3. The molecular weight excluding hydrogens is 244 g/mol. The van der Waals surface area contributed by atoms with Crippen LogP contribution in [0.5, 0.6) is 0 Å². The molecule has 0 saturated heterocycles. The van der Waals surface area contributed by atoms with Gasteiger partial charge in [0.05, 0.1) is 0 Å². The molecular formula is C15H17ClN2. The second-order valence-electron chi connectivity index (χ2n) is 4.65. The van der Waals surface area contributed by atoms with Gasteiger partial charge < -0.3 is 0 Å². The van der Waals surface area contributed by atoms with Gasteiger partial charge in [0.15, 0.2) is 0 Å². The Hall–Kier alpha value is -1.38. The molecule has 0 radical (unpaired) electrons. The molecule has 2 nitrogen and oxygen atoms in total. The molecule has 94 valence electrons. The van der Waals surface area contributed by atoms with Crippen molar-refractivity contribution in [2.24, 2.45) is 0 Å². The minimum Gasteiger partial charge on any atom is -0.298 e. The molecule has 0 unspecified atom stereocenters. The van der Waals surface area contributed by atoms with Gasteiger partial charge in [-0.15, -0.1) is 0 Å². The highest BCUT2D eigenvalue weighted by atomic mass is 35.5. The van der Waals surface area contributed by atoms with E-state index >= 15 is 0 Å². The molecule has 0 atom stereocenters. The molecule has 0 spiro atoms. The number of benzene rings is 1. The normalized spacial score (nSPS) is 10.9. The average Bonchev–Trinajstić information content (AvgIpc) is 2.32. The lowest BCUT2D eigenvalue weighted by Crippen LogP contribution is -2.17. The molecule has 0 saturated carbocycles. The fraction of sp³-hybridized carbons (Fsp3) is 0.267. The minimum absolute atomic E-state index is 0.542. The van der Waals surface area contributed by atoms with E-state index in [0.29, 0.717) is 5.15 Å². The Balaban J connectivity index is 1.96. The van der Waals surface area contributed by atoms with Gasteiger partial charge in [-0.1, -0.05) is 47.5 Å². The van der Waals surface area contributed by atoms with Gasteiger partial charge in [-0.2, -0.15) is 0 Å². The second kappa shape index (κ2) is 5.98. The second-order valence-corrected chi connectivity index (χ2v) is 5.04. The van der Waals surface area contributed by atoms with E-state index in [1.54, 1.807) is 0 Å². The van der Waals surface area contributed by atoms with Crippen molar-refractivity contribution in [1.29, 1.82) is 0 Å². The number of rotatable bonds is 4. The third-order valence-electron chi connectivity index (χ3n) is 2.78. The molecule has 0 N–H and O–H groups in total. The maximum absolute atomic E-state index is 5.77. The molecule has 3 heteroatoms. The lowest BCUT2D eigenvalue weighted by Gasteiger charge is -2.16. The van der Waals surface area contributed by atoms with Gasteiger partial charge in [0, 0.05) is 19.3 Å². The Morgan fingerprint density at radius 2 is 1.89 bits per heavy atom. The van der Waals surface area contributed by atoms with Crippen LogP contribution in [0, 0.1) is 6.92 Å². The SMILES string of the molecule is Cc1cccc(CN(C)Cc2ccc(Cl)nc2)c1. The van der Waals surface area contributed by atoms with Crippen molar-refractivity contribution in [1.82, 2.24) is 9.88 Å². The summed E-state index contributed by atoms with van der Waals surface area (Å²) in [6.45, 7) is 3.93. The molecule has 18 heavy (non-hydrogen) atoms. The highest BCUT2D eigenvalue weighted by Gasteiger charge is 2.02. The van der Waals surface area contributed by atoms with Crippen molar-refractivity contribution in [3.63, 3.8) is 0 Å². The van der Waals surface area contributed by atoms with Crippen LogP contribution in [0.3, 0.4) is 0 Å². The van der Waals surface area contributed by atoms with Crippen LogP contribution in [0.15, 0.2) is 42.6 Å². The molecule has 0 aliphatic rings. The first-order chi connectivity index (χ1) is 8.63. The monoisotopic (exact) mass is 260 g/mol. The van der Waals surface area contributed by atoms with Crippen LogP contribution in [-0.4, -0.2) is 16.9 Å². The molecule has 1 aromatic heterocycles. The largest absolute Gasteiger partial charge is 0.298 e. The summed E-state index contributed by atoms with van der Waals surface area (Å²) < 4.78 is 0. The predicted molar refractivity (Wildman–Crippen MR) is 75.6 cm³/mol. The third-order valence-corrected chi connectivity index (χ3v) is 3.00. The van der Waals surface area contributed by atoms with E-state index in [-0.39, 0.29) is 0 Å². The van der Waals surface area contributed by atoms with Crippen molar-refractivity contribution >= 4 is 11.6 Å². The Labute approximate surface area is 113 Å². The van der Waals surface area contributed by atoms with Gasteiger partial charge >= 0.3 is 0 Å². The molecule has 2 rings (SSSR count). The zero-order valence-corrected chi connectivity index (χ0v) is 11.5.